The number of benzene rings is 2. The molecule has 172 valence electrons. The van der Waals surface area contributed by atoms with Crippen molar-refractivity contribution in [2.45, 2.75) is 10.3 Å². The number of halogens is 4. The van der Waals surface area contributed by atoms with Crippen molar-refractivity contribution in [3.05, 3.63) is 80.3 Å². The number of hydrogen-bond donors (Lipinski definition) is 0. The first-order valence-electron chi connectivity index (χ1n) is 9.60. The van der Waals surface area contributed by atoms with Gasteiger partial charge < -0.3 is 0 Å². The van der Waals surface area contributed by atoms with Gasteiger partial charge in [-0.25, -0.2) is 19.9 Å². The van der Waals surface area contributed by atoms with Crippen molar-refractivity contribution in [1.29, 1.82) is 0 Å². The third kappa shape index (κ3) is 5.20. The predicted molar refractivity (Wildman–Crippen MR) is 142 cm³/mol. The van der Waals surface area contributed by atoms with E-state index in [0.717, 1.165) is 0 Å². The van der Waals surface area contributed by atoms with Crippen LogP contribution in [0.1, 0.15) is 15.9 Å². The normalized spacial score (nSPS) is 11.0. The van der Waals surface area contributed by atoms with Crippen molar-refractivity contribution < 1.29 is 4.79 Å². The summed E-state index contributed by atoms with van der Waals surface area (Å²) in [6, 6.07) is 10.1. The van der Waals surface area contributed by atoms with E-state index in [1.54, 1.807) is 48.8 Å². The second-order valence-electron chi connectivity index (χ2n) is 6.84. The zero-order valence-corrected chi connectivity index (χ0v) is 22.3. The molecule has 0 aliphatic rings. The number of hydrogen-bond acceptors (Lipinski definition) is 7. The zero-order valence-electron chi connectivity index (χ0n) is 17.6. The molecule has 0 unspecified atom stereocenters. The SMILES string of the molecule is CSc1ncc(-c2ccc(C(=O)c3ccc(-c4cnc(SC)nc4Cl)cc3Cl)c(Cl)c2)c(Cl)n1. The van der Waals surface area contributed by atoms with E-state index in [1.807, 2.05) is 12.5 Å². The molecule has 34 heavy (non-hydrogen) atoms. The molecule has 2 aromatic heterocycles. The van der Waals surface area contributed by atoms with Crippen molar-refractivity contribution in [3.8, 4) is 22.3 Å². The molecule has 0 amide bonds. The van der Waals surface area contributed by atoms with Gasteiger partial charge in [0.1, 0.15) is 10.3 Å². The van der Waals surface area contributed by atoms with Crippen LogP contribution in [0.4, 0.5) is 0 Å². The monoisotopic (exact) mass is 566 g/mol. The minimum absolute atomic E-state index is 0.261. The van der Waals surface area contributed by atoms with E-state index in [4.69, 9.17) is 46.4 Å². The van der Waals surface area contributed by atoms with Gasteiger partial charge in [-0.15, -0.1) is 0 Å². The Morgan fingerprint density at radius 1 is 0.706 bits per heavy atom. The molecule has 0 saturated carbocycles. The van der Waals surface area contributed by atoms with Crippen molar-refractivity contribution >= 4 is 75.7 Å². The third-order valence-corrected chi connectivity index (χ3v) is 7.18. The highest BCUT2D eigenvalue weighted by Gasteiger charge is 2.19. The molecule has 11 heteroatoms. The van der Waals surface area contributed by atoms with Gasteiger partial charge in [0.05, 0.1) is 10.0 Å². The highest BCUT2D eigenvalue weighted by molar-refractivity contribution is 7.98. The Labute approximate surface area is 224 Å². The molecular formula is C23H14Cl4N4OS2. The fourth-order valence-corrected chi connectivity index (χ4v) is 4.95. The maximum absolute atomic E-state index is 13.2. The summed E-state index contributed by atoms with van der Waals surface area (Å²) in [7, 11) is 0. The van der Waals surface area contributed by atoms with E-state index in [9.17, 15) is 4.79 Å². The standard InChI is InChI=1S/C23H14Cl4N4OS2/c1-33-22-28-9-15(20(26)30-22)11-3-5-13(17(24)7-11)19(32)14-6-4-12(8-18(14)25)16-10-29-23(34-2)31-21(16)27/h3-10H,1-2H3. The number of carbonyl (C=O) groups excluding carboxylic acids is 1. The van der Waals surface area contributed by atoms with Gasteiger partial charge in [-0.1, -0.05) is 82.1 Å². The Morgan fingerprint density at radius 3 is 1.44 bits per heavy atom. The molecule has 0 spiro atoms. The van der Waals surface area contributed by atoms with Gasteiger partial charge in [0.15, 0.2) is 16.1 Å². The van der Waals surface area contributed by atoms with Crippen molar-refractivity contribution in [2.75, 3.05) is 12.5 Å². The first-order valence-corrected chi connectivity index (χ1v) is 13.6. The number of aromatic nitrogens is 4. The van der Waals surface area contributed by atoms with E-state index in [1.165, 1.54) is 23.5 Å². The molecule has 0 bridgehead atoms. The van der Waals surface area contributed by atoms with Crippen LogP contribution in [0.3, 0.4) is 0 Å². The van der Waals surface area contributed by atoms with Crippen LogP contribution in [0.25, 0.3) is 22.3 Å². The van der Waals surface area contributed by atoms with Crippen LogP contribution < -0.4 is 0 Å². The maximum Gasteiger partial charge on any atom is 0.196 e. The molecule has 0 saturated heterocycles. The average Bonchev–Trinajstić information content (AvgIpc) is 2.83. The van der Waals surface area contributed by atoms with E-state index in [0.29, 0.717) is 54.0 Å². The number of rotatable bonds is 6. The lowest BCUT2D eigenvalue weighted by Crippen LogP contribution is -2.04. The summed E-state index contributed by atoms with van der Waals surface area (Å²) < 4.78 is 0. The van der Waals surface area contributed by atoms with Gasteiger partial charge in [0.25, 0.3) is 0 Å². The highest BCUT2D eigenvalue weighted by atomic mass is 35.5. The Hall–Kier alpha value is -1.87. The lowest BCUT2D eigenvalue weighted by atomic mass is 9.98. The molecule has 5 nitrogen and oxygen atoms in total. The van der Waals surface area contributed by atoms with Gasteiger partial charge in [0, 0.05) is 34.6 Å². The molecule has 2 aromatic carbocycles. The van der Waals surface area contributed by atoms with E-state index >= 15 is 0 Å². The first kappa shape index (κ1) is 25.2. The first-order chi connectivity index (χ1) is 16.3. The van der Waals surface area contributed by atoms with Gasteiger partial charge in [0.2, 0.25) is 0 Å². The minimum atomic E-state index is -0.312. The Morgan fingerprint density at radius 2 is 1.12 bits per heavy atom. The molecular weight excluding hydrogens is 554 g/mol. The number of carbonyl (C=O) groups is 1. The van der Waals surface area contributed by atoms with Crippen molar-refractivity contribution in [3.63, 3.8) is 0 Å². The summed E-state index contributed by atoms with van der Waals surface area (Å²) in [6.45, 7) is 0. The Balaban J connectivity index is 1.64. The van der Waals surface area contributed by atoms with Gasteiger partial charge in [-0.05, 0) is 47.9 Å². The quantitative estimate of drug-likeness (QED) is 0.101. The summed E-state index contributed by atoms with van der Waals surface area (Å²) >= 11 is 28.3. The molecule has 0 aliphatic heterocycles. The second kappa shape index (κ2) is 10.8. The summed E-state index contributed by atoms with van der Waals surface area (Å²) in [5, 5.41) is 2.27. The van der Waals surface area contributed by atoms with Crippen LogP contribution in [0.5, 0.6) is 0 Å². The largest absolute Gasteiger partial charge is 0.288 e. The van der Waals surface area contributed by atoms with Gasteiger partial charge in [-0.2, -0.15) is 0 Å². The van der Waals surface area contributed by atoms with Crippen LogP contribution in [-0.4, -0.2) is 38.2 Å². The van der Waals surface area contributed by atoms with Crippen LogP contribution in [0, 0.1) is 0 Å². The lowest BCUT2D eigenvalue weighted by molar-refractivity contribution is 0.103. The van der Waals surface area contributed by atoms with Crippen LogP contribution >= 0.6 is 69.9 Å². The minimum Gasteiger partial charge on any atom is -0.288 e. The molecule has 0 N–H and O–H groups in total. The molecule has 0 fully saturated rings. The number of thioether (sulfide) groups is 2. The summed E-state index contributed by atoms with van der Waals surface area (Å²) in [5.74, 6) is -0.312. The van der Waals surface area contributed by atoms with Gasteiger partial charge in [-0.3, -0.25) is 4.79 Å². The van der Waals surface area contributed by atoms with Crippen molar-refractivity contribution in [1.82, 2.24) is 19.9 Å². The molecule has 2 heterocycles. The fourth-order valence-electron chi connectivity index (χ4n) is 3.15. The lowest BCUT2D eigenvalue weighted by Gasteiger charge is -2.11. The highest BCUT2D eigenvalue weighted by Crippen LogP contribution is 2.34. The van der Waals surface area contributed by atoms with E-state index in [2.05, 4.69) is 19.9 Å². The Bertz CT molecular complexity index is 1310. The Kier molecular flexibility index (Phi) is 8.02. The summed E-state index contributed by atoms with van der Waals surface area (Å²) in [4.78, 5) is 30.2. The molecule has 0 radical (unpaired) electrons. The number of ketones is 1. The maximum atomic E-state index is 13.2. The van der Waals surface area contributed by atoms with E-state index in [-0.39, 0.29) is 15.8 Å². The van der Waals surface area contributed by atoms with Gasteiger partial charge >= 0.3 is 0 Å². The van der Waals surface area contributed by atoms with Crippen LogP contribution in [-0.2, 0) is 0 Å². The predicted octanol–water partition coefficient (Wildman–Crippen LogP) is 7.89. The van der Waals surface area contributed by atoms with Crippen molar-refractivity contribution in [2.24, 2.45) is 0 Å². The molecule has 0 atom stereocenters. The van der Waals surface area contributed by atoms with E-state index < -0.39 is 0 Å². The summed E-state index contributed by atoms with van der Waals surface area (Å²) in [5.41, 5.74) is 3.25. The smallest absolute Gasteiger partial charge is 0.196 e. The summed E-state index contributed by atoms with van der Waals surface area (Å²) in [6.07, 6.45) is 6.99. The molecule has 4 rings (SSSR count). The van der Waals surface area contributed by atoms with Crippen LogP contribution in [0.15, 0.2) is 59.1 Å². The second-order valence-corrected chi connectivity index (χ2v) is 9.92. The topological polar surface area (TPSA) is 68.6 Å². The zero-order chi connectivity index (χ0) is 24.4. The van der Waals surface area contributed by atoms with Crippen LogP contribution in [0.2, 0.25) is 20.4 Å². The number of nitrogens with zero attached hydrogens (tertiary/aromatic N) is 4. The fraction of sp³-hybridized carbons (Fsp3) is 0.0870. The third-order valence-electron chi connectivity index (χ3n) is 4.85. The average molecular weight is 568 g/mol. The molecule has 4 aromatic rings. The molecule has 0 aliphatic carbocycles.